The van der Waals surface area contributed by atoms with Crippen molar-refractivity contribution in [1.82, 2.24) is 25.1 Å². The van der Waals surface area contributed by atoms with Crippen molar-refractivity contribution in [2.24, 2.45) is 0 Å². The van der Waals surface area contributed by atoms with Crippen LogP contribution in [0.5, 0.6) is 0 Å². The SMILES string of the molecule is Cc1nc(-c2n[nH]cc2-c2ccc3nccnc3c2)ccc1F. The van der Waals surface area contributed by atoms with Crippen LogP contribution in [0, 0.1) is 12.7 Å². The summed E-state index contributed by atoms with van der Waals surface area (Å²) in [5.41, 5.74) is 5.12. The Bertz CT molecular complexity index is 1010. The van der Waals surface area contributed by atoms with Crippen LogP contribution in [0.3, 0.4) is 0 Å². The molecule has 0 radical (unpaired) electrons. The minimum absolute atomic E-state index is 0.327. The summed E-state index contributed by atoms with van der Waals surface area (Å²) in [5, 5.41) is 7.13. The first kappa shape index (κ1) is 13.5. The lowest BCUT2D eigenvalue weighted by Crippen LogP contribution is -1.93. The van der Waals surface area contributed by atoms with Crippen LogP contribution in [0.1, 0.15) is 5.69 Å². The number of hydrogen-bond donors (Lipinski definition) is 1. The number of benzene rings is 1. The van der Waals surface area contributed by atoms with E-state index in [2.05, 4.69) is 25.1 Å². The summed E-state index contributed by atoms with van der Waals surface area (Å²) in [6.45, 7) is 1.64. The van der Waals surface area contributed by atoms with E-state index in [4.69, 9.17) is 0 Å². The van der Waals surface area contributed by atoms with Gasteiger partial charge in [-0.2, -0.15) is 5.10 Å². The van der Waals surface area contributed by atoms with Crippen molar-refractivity contribution < 1.29 is 4.39 Å². The average molecular weight is 305 g/mol. The Kier molecular flexibility index (Phi) is 3.08. The molecule has 0 atom stereocenters. The summed E-state index contributed by atoms with van der Waals surface area (Å²) in [6.07, 6.45) is 5.12. The number of H-pyrrole nitrogens is 1. The number of halogens is 1. The molecule has 0 aliphatic heterocycles. The lowest BCUT2D eigenvalue weighted by atomic mass is 10.0. The molecule has 112 valence electrons. The number of rotatable bonds is 2. The average Bonchev–Trinajstić information content (AvgIpc) is 3.06. The zero-order valence-corrected chi connectivity index (χ0v) is 12.3. The van der Waals surface area contributed by atoms with Crippen molar-refractivity contribution in [3.05, 3.63) is 60.4 Å². The molecule has 5 nitrogen and oxygen atoms in total. The molecule has 1 aromatic carbocycles. The minimum Gasteiger partial charge on any atom is -0.284 e. The summed E-state index contributed by atoms with van der Waals surface area (Å²) in [5.74, 6) is -0.327. The third kappa shape index (κ3) is 2.34. The largest absolute Gasteiger partial charge is 0.284 e. The molecule has 4 rings (SSSR count). The topological polar surface area (TPSA) is 67.3 Å². The molecule has 0 saturated heterocycles. The second-order valence-electron chi connectivity index (χ2n) is 5.17. The third-order valence-electron chi connectivity index (χ3n) is 3.68. The Morgan fingerprint density at radius 3 is 2.65 bits per heavy atom. The molecule has 6 heteroatoms. The van der Waals surface area contributed by atoms with E-state index >= 15 is 0 Å². The Labute approximate surface area is 131 Å². The minimum atomic E-state index is -0.327. The monoisotopic (exact) mass is 305 g/mol. The maximum atomic E-state index is 13.4. The molecular weight excluding hydrogens is 293 g/mol. The summed E-state index contributed by atoms with van der Waals surface area (Å²) < 4.78 is 13.4. The smallest absolute Gasteiger partial charge is 0.144 e. The van der Waals surface area contributed by atoms with Gasteiger partial charge in [0.15, 0.2) is 0 Å². The molecule has 1 N–H and O–H groups in total. The summed E-state index contributed by atoms with van der Waals surface area (Å²) in [4.78, 5) is 12.9. The van der Waals surface area contributed by atoms with Gasteiger partial charge in [0.2, 0.25) is 0 Å². The molecule has 0 unspecified atom stereocenters. The number of aryl methyl sites for hydroxylation is 1. The Morgan fingerprint density at radius 1 is 1.00 bits per heavy atom. The van der Waals surface area contributed by atoms with Gasteiger partial charge >= 0.3 is 0 Å². The highest BCUT2D eigenvalue weighted by Gasteiger charge is 2.13. The van der Waals surface area contributed by atoms with Gasteiger partial charge in [-0.15, -0.1) is 0 Å². The van der Waals surface area contributed by atoms with Crippen LogP contribution in [0.25, 0.3) is 33.5 Å². The van der Waals surface area contributed by atoms with Crippen molar-refractivity contribution in [1.29, 1.82) is 0 Å². The maximum absolute atomic E-state index is 13.4. The zero-order valence-electron chi connectivity index (χ0n) is 12.3. The fourth-order valence-corrected chi connectivity index (χ4v) is 2.51. The molecule has 23 heavy (non-hydrogen) atoms. The first-order valence-corrected chi connectivity index (χ1v) is 7.11. The molecule has 3 heterocycles. The number of aromatic nitrogens is 5. The predicted molar refractivity (Wildman–Crippen MR) is 85.0 cm³/mol. The van der Waals surface area contributed by atoms with Crippen molar-refractivity contribution in [2.75, 3.05) is 0 Å². The molecule has 0 spiro atoms. The normalized spacial score (nSPS) is 11.0. The Balaban J connectivity index is 1.86. The van der Waals surface area contributed by atoms with Crippen LogP contribution >= 0.6 is 0 Å². The molecule has 0 fully saturated rings. The van der Waals surface area contributed by atoms with Crippen LogP contribution in [-0.2, 0) is 0 Å². The number of hydrogen-bond acceptors (Lipinski definition) is 4. The van der Waals surface area contributed by atoms with Crippen LogP contribution in [0.4, 0.5) is 4.39 Å². The first-order valence-electron chi connectivity index (χ1n) is 7.11. The number of aromatic amines is 1. The van der Waals surface area contributed by atoms with Crippen LogP contribution in [0.2, 0.25) is 0 Å². The number of nitrogens with one attached hydrogen (secondary N) is 1. The van der Waals surface area contributed by atoms with E-state index in [1.54, 1.807) is 31.6 Å². The lowest BCUT2D eigenvalue weighted by Gasteiger charge is -2.05. The number of nitrogens with zero attached hydrogens (tertiary/aromatic N) is 4. The second kappa shape index (κ2) is 5.24. The number of pyridine rings is 1. The van der Waals surface area contributed by atoms with Gasteiger partial charge in [-0.25, -0.2) is 9.37 Å². The molecule has 0 saturated carbocycles. The first-order chi connectivity index (χ1) is 11.2. The highest BCUT2D eigenvalue weighted by Crippen LogP contribution is 2.30. The van der Waals surface area contributed by atoms with Crippen molar-refractivity contribution in [2.45, 2.75) is 6.92 Å². The van der Waals surface area contributed by atoms with Gasteiger partial charge in [-0.3, -0.25) is 15.1 Å². The molecular formula is C17H12FN5. The molecule has 3 aromatic heterocycles. The van der Waals surface area contributed by atoms with Gasteiger partial charge in [0.25, 0.3) is 0 Å². The van der Waals surface area contributed by atoms with Crippen molar-refractivity contribution >= 4 is 11.0 Å². The highest BCUT2D eigenvalue weighted by molar-refractivity contribution is 5.85. The second-order valence-corrected chi connectivity index (χ2v) is 5.17. The van der Waals surface area contributed by atoms with Crippen LogP contribution in [0.15, 0.2) is 48.9 Å². The fraction of sp³-hybridized carbons (Fsp3) is 0.0588. The predicted octanol–water partition coefficient (Wildman–Crippen LogP) is 3.53. The van der Waals surface area contributed by atoms with Crippen LogP contribution < -0.4 is 0 Å². The van der Waals surface area contributed by atoms with E-state index in [0.717, 1.165) is 22.2 Å². The molecule has 4 aromatic rings. The van der Waals surface area contributed by atoms with Crippen molar-refractivity contribution in [3.63, 3.8) is 0 Å². The standard InChI is InChI=1S/C17H12FN5/c1-10-13(18)3-5-15(22-10)17-12(9-21-23-17)11-2-4-14-16(8-11)20-7-6-19-14/h2-9H,1H3,(H,21,23). The van der Waals surface area contributed by atoms with Gasteiger partial charge in [0.1, 0.15) is 11.5 Å². The quantitative estimate of drug-likeness (QED) is 0.615. The van der Waals surface area contributed by atoms with Crippen LogP contribution in [-0.4, -0.2) is 25.1 Å². The molecule has 0 aliphatic carbocycles. The summed E-state index contributed by atoms with van der Waals surface area (Å²) in [6, 6.07) is 8.86. The van der Waals surface area contributed by atoms with E-state index in [0.29, 0.717) is 17.1 Å². The van der Waals surface area contributed by atoms with Gasteiger partial charge in [0, 0.05) is 24.2 Å². The van der Waals surface area contributed by atoms with Crippen molar-refractivity contribution in [3.8, 4) is 22.5 Å². The van der Waals surface area contributed by atoms with E-state index in [1.807, 2.05) is 18.2 Å². The molecule has 0 aliphatic rings. The van der Waals surface area contributed by atoms with Gasteiger partial charge in [0.05, 0.1) is 22.4 Å². The fourth-order valence-electron chi connectivity index (χ4n) is 2.51. The van der Waals surface area contributed by atoms with Gasteiger partial charge in [-0.1, -0.05) is 6.07 Å². The molecule has 0 amide bonds. The van der Waals surface area contributed by atoms with Gasteiger partial charge < -0.3 is 0 Å². The Morgan fingerprint density at radius 2 is 1.83 bits per heavy atom. The van der Waals surface area contributed by atoms with Gasteiger partial charge in [-0.05, 0) is 36.8 Å². The lowest BCUT2D eigenvalue weighted by molar-refractivity contribution is 0.610. The number of fused-ring (bicyclic) bond motifs is 1. The highest BCUT2D eigenvalue weighted by atomic mass is 19.1. The van der Waals surface area contributed by atoms with E-state index in [9.17, 15) is 4.39 Å². The van der Waals surface area contributed by atoms with E-state index in [1.165, 1.54) is 6.07 Å². The van der Waals surface area contributed by atoms with E-state index < -0.39 is 0 Å². The Hall–Kier alpha value is -3.15. The third-order valence-corrected chi connectivity index (χ3v) is 3.68. The summed E-state index contributed by atoms with van der Waals surface area (Å²) in [7, 11) is 0. The van der Waals surface area contributed by atoms with E-state index in [-0.39, 0.29) is 5.82 Å². The molecule has 0 bridgehead atoms. The summed E-state index contributed by atoms with van der Waals surface area (Å²) >= 11 is 0. The maximum Gasteiger partial charge on any atom is 0.144 e. The zero-order chi connectivity index (χ0) is 15.8.